The molecular weight excluding hydrogens is 188 g/mol. The third-order valence-corrected chi connectivity index (χ3v) is 2.00. The Balaban J connectivity index is 3.17. The van der Waals surface area contributed by atoms with Crippen molar-refractivity contribution in [3.05, 3.63) is 21.6 Å². The van der Waals surface area contributed by atoms with Crippen molar-refractivity contribution < 1.29 is 14.6 Å². The fourth-order valence-corrected chi connectivity index (χ4v) is 1.17. The van der Waals surface area contributed by atoms with Gasteiger partial charge in [-0.3, -0.25) is 10.1 Å². The normalized spacial score (nSPS) is 12.8. The Hall–Kier alpha value is -1.43. The van der Waals surface area contributed by atoms with Gasteiger partial charge in [-0.05, 0) is 6.42 Å². The third kappa shape index (κ3) is 1.74. The van der Waals surface area contributed by atoms with Crippen LogP contribution in [0.15, 0.2) is 4.52 Å². The number of aryl methyl sites for hydroxylation is 1. The lowest BCUT2D eigenvalue weighted by molar-refractivity contribution is -0.386. The summed E-state index contributed by atoms with van der Waals surface area (Å²) in [5.74, 6) is -0.252. The summed E-state index contributed by atoms with van der Waals surface area (Å²) in [5, 5.41) is 23.2. The fourth-order valence-electron chi connectivity index (χ4n) is 1.17. The first-order valence-electron chi connectivity index (χ1n) is 4.35. The molecule has 0 radical (unpaired) electrons. The van der Waals surface area contributed by atoms with Crippen molar-refractivity contribution in [2.45, 2.75) is 26.2 Å². The van der Waals surface area contributed by atoms with E-state index < -0.39 is 10.8 Å². The highest BCUT2D eigenvalue weighted by molar-refractivity contribution is 5.40. The summed E-state index contributed by atoms with van der Waals surface area (Å²) < 4.78 is 4.85. The van der Waals surface area contributed by atoms with E-state index in [9.17, 15) is 10.1 Å². The summed E-state index contributed by atoms with van der Waals surface area (Å²) in [6, 6.07) is 0. The Morgan fingerprint density at radius 2 is 2.36 bits per heavy atom. The van der Waals surface area contributed by atoms with Gasteiger partial charge in [-0.1, -0.05) is 19.0 Å². The highest BCUT2D eigenvalue weighted by Crippen LogP contribution is 2.29. The molecule has 0 saturated heterocycles. The van der Waals surface area contributed by atoms with Gasteiger partial charge >= 0.3 is 5.69 Å². The van der Waals surface area contributed by atoms with Gasteiger partial charge in [0.2, 0.25) is 5.76 Å². The van der Waals surface area contributed by atoms with Gasteiger partial charge in [0, 0.05) is 5.92 Å². The number of rotatable bonds is 4. The lowest BCUT2D eigenvalue weighted by Crippen LogP contribution is -2.02. The highest BCUT2D eigenvalue weighted by atomic mass is 16.6. The quantitative estimate of drug-likeness (QED) is 0.583. The molecule has 14 heavy (non-hydrogen) atoms. The molecule has 1 N–H and O–H groups in total. The van der Waals surface area contributed by atoms with Crippen LogP contribution in [-0.4, -0.2) is 21.8 Å². The van der Waals surface area contributed by atoms with Crippen molar-refractivity contribution in [1.82, 2.24) is 5.16 Å². The van der Waals surface area contributed by atoms with Crippen molar-refractivity contribution in [3.63, 3.8) is 0 Å². The Morgan fingerprint density at radius 3 is 2.79 bits per heavy atom. The Kier molecular flexibility index (Phi) is 3.19. The number of hydrogen-bond donors (Lipinski definition) is 1. The van der Waals surface area contributed by atoms with E-state index in [1.165, 1.54) is 0 Å². The van der Waals surface area contributed by atoms with E-state index in [0.717, 1.165) is 0 Å². The SMILES string of the molecule is CCc1noc([C@H](C)CO)c1[N+](=O)[O-]. The van der Waals surface area contributed by atoms with Gasteiger partial charge in [-0.25, -0.2) is 0 Å². The van der Waals surface area contributed by atoms with E-state index in [1.807, 2.05) is 0 Å². The first-order chi connectivity index (χ1) is 6.61. The Labute approximate surface area is 80.7 Å². The van der Waals surface area contributed by atoms with Crippen molar-refractivity contribution in [3.8, 4) is 0 Å². The summed E-state index contributed by atoms with van der Waals surface area (Å²) in [6.07, 6.45) is 0.442. The maximum Gasteiger partial charge on any atom is 0.335 e. The molecule has 0 bridgehead atoms. The number of aliphatic hydroxyl groups is 1. The third-order valence-electron chi connectivity index (χ3n) is 2.00. The molecule has 1 atom stereocenters. The van der Waals surface area contributed by atoms with Crippen molar-refractivity contribution in [1.29, 1.82) is 0 Å². The largest absolute Gasteiger partial charge is 0.396 e. The molecule has 6 heteroatoms. The summed E-state index contributed by atoms with van der Waals surface area (Å²) in [5.41, 5.74) is 0.222. The van der Waals surface area contributed by atoms with Gasteiger partial charge in [0.1, 0.15) is 0 Å². The smallest absolute Gasteiger partial charge is 0.335 e. The number of hydrogen-bond acceptors (Lipinski definition) is 5. The second-order valence-electron chi connectivity index (χ2n) is 3.04. The molecule has 1 aromatic rings. The molecule has 78 valence electrons. The van der Waals surface area contributed by atoms with E-state index in [4.69, 9.17) is 9.63 Å². The van der Waals surface area contributed by atoms with Gasteiger partial charge < -0.3 is 9.63 Å². The number of nitrogens with zero attached hydrogens (tertiary/aromatic N) is 2. The Bertz CT molecular complexity index is 334. The minimum atomic E-state index is -0.517. The minimum Gasteiger partial charge on any atom is -0.396 e. The maximum absolute atomic E-state index is 10.7. The van der Waals surface area contributed by atoms with Crippen LogP contribution in [0.3, 0.4) is 0 Å². The van der Waals surface area contributed by atoms with Crippen molar-refractivity contribution in [2.75, 3.05) is 6.61 Å². The molecule has 0 aliphatic carbocycles. The molecule has 0 spiro atoms. The molecule has 0 aromatic carbocycles. The highest BCUT2D eigenvalue weighted by Gasteiger charge is 2.28. The zero-order chi connectivity index (χ0) is 10.7. The molecule has 0 unspecified atom stereocenters. The van der Waals surface area contributed by atoms with E-state index in [-0.39, 0.29) is 18.1 Å². The molecule has 1 aromatic heterocycles. The van der Waals surface area contributed by atoms with Gasteiger partial charge in [0.05, 0.1) is 11.5 Å². The van der Waals surface area contributed by atoms with Crippen molar-refractivity contribution >= 4 is 5.69 Å². The Morgan fingerprint density at radius 1 is 1.71 bits per heavy atom. The van der Waals surface area contributed by atoms with Gasteiger partial charge in [0.15, 0.2) is 5.69 Å². The molecule has 0 amide bonds. The van der Waals surface area contributed by atoms with Crippen LogP contribution in [0.1, 0.15) is 31.2 Å². The van der Waals surface area contributed by atoms with E-state index >= 15 is 0 Å². The fraction of sp³-hybridized carbons (Fsp3) is 0.625. The zero-order valence-corrected chi connectivity index (χ0v) is 8.06. The average Bonchev–Trinajstić information content (AvgIpc) is 2.59. The van der Waals surface area contributed by atoms with Gasteiger partial charge in [0.25, 0.3) is 0 Å². The monoisotopic (exact) mass is 200 g/mol. The van der Waals surface area contributed by atoms with Gasteiger partial charge in [-0.15, -0.1) is 0 Å². The second-order valence-corrected chi connectivity index (χ2v) is 3.04. The van der Waals surface area contributed by atoms with Crippen LogP contribution in [-0.2, 0) is 6.42 Å². The zero-order valence-electron chi connectivity index (χ0n) is 8.06. The van der Waals surface area contributed by atoms with E-state index in [1.54, 1.807) is 13.8 Å². The first kappa shape index (κ1) is 10.6. The average molecular weight is 200 g/mol. The van der Waals surface area contributed by atoms with Crippen LogP contribution in [0.4, 0.5) is 5.69 Å². The molecule has 6 nitrogen and oxygen atoms in total. The molecule has 1 heterocycles. The van der Waals surface area contributed by atoms with Crippen LogP contribution in [0, 0.1) is 10.1 Å². The molecule has 0 fully saturated rings. The minimum absolute atomic E-state index is 0.103. The summed E-state index contributed by atoms with van der Waals surface area (Å²) in [6.45, 7) is 3.21. The molecule has 0 aliphatic heterocycles. The lowest BCUT2D eigenvalue weighted by atomic mass is 10.1. The molecular formula is C8H12N2O4. The number of aromatic nitrogens is 1. The predicted octanol–water partition coefficient (Wildman–Crippen LogP) is 1.24. The van der Waals surface area contributed by atoms with Crippen LogP contribution in [0.5, 0.6) is 0 Å². The molecule has 0 saturated carbocycles. The topological polar surface area (TPSA) is 89.4 Å². The summed E-state index contributed by atoms with van der Waals surface area (Å²) in [7, 11) is 0. The van der Waals surface area contributed by atoms with E-state index in [2.05, 4.69) is 5.16 Å². The second kappa shape index (κ2) is 4.19. The summed E-state index contributed by atoms with van der Waals surface area (Å²) >= 11 is 0. The maximum atomic E-state index is 10.7. The van der Waals surface area contributed by atoms with Crippen LogP contribution >= 0.6 is 0 Å². The van der Waals surface area contributed by atoms with Crippen LogP contribution in [0.25, 0.3) is 0 Å². The summed E-state index contributed by atoms with van der Waals surface area (Å²) in [4.78, 5) is 10.2. The number of nitro groups is 1. The molecule has 1 rings (SSSR count). The predicted molar refractivity (Wildman–Crippen MR) is 48.0 cm³/mol. The van der Waals surface area contributed by atoms with Crippen LogP contribution in [0.2, 0.25) is 0 Å². The lowest BCUT2D eigenvalue weighted by Gasteiger charge is -2.00. The standard InChI is InChI=1S/C8H12N2O4/c1-3-6-7(10(12)13)8(14-9-6)5(2)4-11/h5,11H,3-4H2,1-2H3/t5-/m1/s1. The van der Waals surface area contributed by atoms with Crippen LogP contribution < -0.4 is 0 Å². The molecule has 0 aliphatic rings. The first-order valence-corrected chi connectivity index (χ1v) is 4.35. The number of aliphatic hydroxyl groups excluding tert-OH is 1. The van der Waals surface area contributed by atoms with E-state index in [0.29, 0.717) is 12.1 Å². The van der Waals surface area contributed by atoms with Crippen molar-refractivity contribution in [2.24, 2.45) is 0 Å². The van der Waals surface area contributed by atoms with Gasteiger partial charge in [-0.2, -0.15) is 0 Å².